The number of aromatic nitrogens is 3. The molecule has 0 spiro atoms. The Bertz CT molecular complexity index is 632. The van der Waals surface area contributed by atoms with Crippen molar-refractivity contribution in [3.8, 4) is 17.0 Å². The van der Waals surface area contributed by atoms with Gasteiger partial charge in [-0.05, 0) is 12.5 Å². The first-order valence-electron chi connectivity index (χ1n) is 5.97. The molecule has 0 aliphatic rings. The molecule has 8 heteroatoms. The van der Waals surface area contributed by atoms with E-state index in [4.69, 9.17) is 10.5 Å². The third-order valence-electron chi connectivity index (χ3n) is 2.44. The molecule has 2 aromatic rings. The van der Waals surface area contributed by atoms with E-state index in [0.29, 0.717) is 17.9 Å². The minimum Gasteiger partial charge on any atom is -0.492 e. The Balaban J connectivity index is 2.45. The van der Waals surface area contributed by atoms with Crippen molar-refractivity contribution >= 4 is 11.6 Å². The van der Waals surface area contributed by atoms with Crippen LogP contribution in [0.25, 0.3) is 11.3 Å². The highest BCUT2D eigenvalue weighted by atomic mass is 16.6. The monoisotopic (exact) mass is 275 g/mol. The first kappa shape index (κ1) is 13.7. The average Bonchev–Trinajstić information content (AvgIpc) is 2.45. The number of nitro groups is 1. The average molecular weight is 275 g/mol. The summed E-state index contributed by atoms with van der Waals surface area (Å²) in [6.45, 7) is 2.52. The van der Waals surface area contributed by atoms with Crippen molar-refractivity contribution in [3.63, 3.8) is 0 Å². The predicted octanol–water partition coefficient (Wildman–Crippen LogP) is 1.82. The van der Waals surface area contributed by atoms with E-state index in [1.807, 2.05) is 6.92 Å². The SMILES string of the molecule is CCCOc1cncc(-c2nc(N)ncc2[N+](=O)[O-])c1. The van der Waals surface area contributed by atoms with Crippen molar-refractivity contribution in [2.45, 2.75) is 13.3 Å². The molecule has 2 heterocycles. The molecule has 0 aliphatic heterocycles. The van der Waals surface area contributed by atoms with E-state index in [9.17, 15) is 10.1 Å². The summed E-state index contributed by atoms with van der Waals surface area (Å²) in [6, 6.07) is 1.64. The van der Waals surface area contributed by atoms with Crippen LogP contribution in [0.2, 0.25) is 0 Å². The number of nitrogens with zero attached hydrogens (tertiary/aromatic N) is 4. The molecule has 2 N–H and O–H groups in total. The molecule has 0 atom stereocenters. The lowest BCUT2D eigenvalue weighted by atomic mass is 10.2. The van der Waals surface area contributed by atoms with Crippen LogP contribution < -0.4 is 10.5 Å². The van der Waals surface area contributed by atoms with Crippen LogP contribution >= 0.6 is 0 Å². The van der Waals surface area contributed by atoms with E-state index in [1.165, 1.54) is 12.4 Å². The van der Waals surface area contributed by atoms with Crippen molar-refractivity contribution in [3.05, 3.63) is 34.8 Å². The molecule has 0 saturated heterocycles. The molecule has 2 rings (SSSR count). The second-order valence-corrected chi connectivity index (χ2v) is 3.98. The lowest BCUT2D eigenvalue weighted by Crippen LogP contribution is -2.02. The molecule has 0 radical (unpaired) electrons. The molecule has 2 aromatic heterocycles. The second-order valence-electron chi connectivity index (χ2n) is 3.98. The Hall–Kier alpha value is -2.77. The zero-order valence-corrected chi connectivity index (χ0v) is 10.8. The van der Waals surface area contributed by atoms with Gasteiger partial charge in [-0.1, -0.05) is 6.92 Å². The van der Waals surface area contributed by atoms with Gasteiger partial charge in [0.05, 0.1) is 17.7 Å². The normalized spacial score (nSPS) is 10.2. The smallest absolute Gasteiger partial charge is 0.313 e. The van der Waals surface area contributed by atoms with E-state index >= 15 is 0 Å². The van der Waals surface area contributed by atoms with Gasteiger partial charge in [0.1, 0.15) is 11.9 Å². The van der Waals surface area contributed by atoms with Crippen molar-refractivity contribution in [2.24, 2.45) is 0 Å². The fraction of sp³-hybridized carbons (Fsp3) is 0.250. The standard InChI is InChI=1S/C12H13N5O3/c1-2-3-20-9-4-8(5-14-6-9)11-10(17(18)19)7-15-12(13)16-11/h4-7H,2-3H2,1H3,(H2,13,15,16). The third kappa shape index (κ3) is 2.97. The fourth-order valence-electron chi connectivity index (χ4n) is 1.58. The maximum Gasteiger partial charge on any atom is 0.313 e. The molecule has 104 valence electrons. The van der Waals surface area contributed by atoms with Crippen LogP contribution in [-0.4, -0.2) is 26.5 Å². The summed E-state index contributed by atoms with van der Waals surface area (Å²) in [6.07, 6.45) is 4.94. The van der Waals surface area contributed by atoms with E-state index in [0.717, 1.165) is 12.6 Å². The Morgan fingerprint density at radius 2 is 2.20 bits per heavy atom. The molecule has 0 bridgehead atoms. The van der Waals surface area contributed by atoms with Gasteiger partial charge in [0.15, 0.2) is 5.69 Å². The quantitative estimate of drug-likeness (QED) is 0.653. The number of pyridine rings is 1. The van der Waals surface area contributed by atoms with Crippen molar-refractivity contribution in [1.29, 1.82) is 0 Å². The Morgan fingerprint density at radius 3 is 2.90 bits per heavy atom. The van der Waals surface area contributed by atoms with Gasteiger partial charge >= 0.3 is 5.69 Å². The number of hydrogen-bond acceptors (Lipinski definition) is 7. The van der Waals surface area contributed by atoms with E-state index in [-0.39, 0.29) is 17.3 Å². The molecule has 0 amide bonds. The van der Waals surface area contributed by atoms with E-state index in [2.05, 4.69) is 15.0 Å². The molecule has 0 aliphatic carbocycles. The van der Waals surface area contributed by atoms with Crippen molar-refractivity contribution < 1.29 is 9.66 Å². The van der Waals surface area contributed by atoms with Crippen LogP contribution in [0.3, 0.4) is 0 Å². The van der Waals surface area contributed by atoms with Gasteiger partial charge in [-0.3, -0.25) is 15.1 Å². The lowest BCUT2D eigenvalue weighted by molar-refractivity contribution is -0.384. The Morgan fingerprint density at radius 1 is 1.40 bits per heavy atom. The lowest BCUT2D eigenvalue weighted by Gasteiger charge is -2.06. The highest BCUT2D eigenvalue weighted by Gasteiger charge is 2.19. The van der Waals surface area contributed by atoms with Crippen LogP contribution in [0.5, 0.6) is 5.75 Å². The molecule has 0 unspecified atom stereocenters. The highest BCUT2D eigenvalue weighted by molar-refractivity contribution is 5.69. The largest absolute Gasteiger partial charge is 0.492 e. The topological polar surface area (TPSA) is 117 Å². The Labute approximate surface area is 114 Å². The van der Waals surface area contributed by atoms with E-state index in [1.54, 1.807) is 6.07 Å². The molecule has 0 aromatic carbocycles. The van der Waals surface area contributed by atoms with Crippen LogP contribution in [0, 0.1) is 10.1 Å². The maximum absolute atomic E-state index is 11.0. The van der Waals surface area contributed by atoms with Gasteiger partial charge in [0.25, 0.3) is 0 Å². The van der Waals surface area contributed by atoms with Crippen LogP contribution in [-0.2, 0) is 0 Å². The Kier molecular flexibility index (Phi) is 4.04. The summed E-state index contributed by atoms with van der Waals surface area (Å²) in [5, 5.41) is 11.0. The van der Waals surface area contributed by atoms with Gasteiger partial charge in [-0.15, -0.1) is 0 Å². The van der Waals surface area contributed by atoms with Crippen LogP contribution in [0.15, 0.2) is 24.7 Å². The fourth-order valence-corrected chi connectivity index (χ4v) is 1.58. The molecular weight excluding hydrogens is 262 g/mol. The zero-order valence-electron chi connectivity index (χ0n) is 10.8. The third-order valence-corrected chi connectivity index (χ3v) is 2.44. The predicted molar refractivity (Wildman–Crippen MR) is 72.1 cm³/mol. The number of anilines is 1. The van der Waals surface area contributed by atoms with Gasteiger partial charge in [0, 0.05) is 11.8 Å². The van der Waals surface area contributed by atoms with Crippen LogP contribution in [0.4, 0.5) is 11.6 Å². The summed E-state index contributed by atoms with van der Waals surface area (Å²) < 4.78 is 5.44. The van der Waals surface area contributed by atoms with Gasteiger partial charge in [0.2, 0.25) is 5.95 Å². The van der Waals surface area contributed by atoms with Crippen LogP contribution in [0.1, 0.15) is 13.3 Å². The maximum atomic E-state index is 11.0. The summed E-state index contributed by atoms with van der Waals surface area (Å²) >= 11 is 0. The zero-order chi connectivity index (χ0) is 14.5. The van der Waals surface area contributed by atoms with Gasteiger partial charge in [-0.2, -0.15) is 0 Å². The molecule has 0 fully saturated rings. The minimum absolute atomic E-state index is 0.0366. The first-order chi connectivity index (χ1) is 9.61. The molecule has 20 heavy (non-hydrogen) atoms. The minimum atomic E-state index is -0.561. The van der Waals surface area contributed by atoms with E-state index < -0.39 is 4.92 Å². The van der Waals surface area contributed by atoms with Gasteiger partial charge < -0.3 is 10.5 Å². The molecule has 8 nitrogen and oxygen atoms in total. The summed E-state index contributed by atoms with van der Waals surface area (Å²) in [5.74, 6) is 0.487. The van der Waals surface area contributed by atoms with Crippen molar-refractivity contribution in [1.82, 2.24) is 15.0 Å². The molecular formula is C12H13N5O3. The van der Waals surface area contributed by atoms with Crippen molar-refractivity contribution in [2.75, 3.05) is 12.3 Å². The summed E-state index contributed by atoms with van der Waals surface area (Å²) in [7, 11) is 0. The summed E-state index contributed by atoms with van der Waals surface area (Å²) in [5.41, 5.74) is 5.84. The van der Waals surface area contributed by atoms with Gasteiger partial charge in [-0.25, -0.2) is 9.97 Å². The highest BCUT2D eigenvalue weighted by Crippen LogP contribution is 2.29. The molecule has 0 saturated carbocycles. The second kappa shape index (κ2) is 5.91. The number of ether oxygens (including phenoxy) is 1. The number of rotatable bonds is 5. The number of nitrogens with two attached hydrogens (primary N) is 1. The first-order valence-corrected chi connectivity index (χ1v) is 5.97. The number of nitrogen functional groups attached to an aromatic ring is 1. The summed E-state index contributed by atoms with van der Waals surface area (Å²) in [4.78, 5) is 22.0. The number of hydrogen-bond donors (Lipinski definition) is 1.